The van der Waals surface area contributed by atoms with Crippen LogP contribution in [0.3, 0.4) is 0 Å². The predicted octanol–water partition coefficient (Wildman–Crippen LogP) is 2.37. The maximum absolute atomic E-state index is 12.1. The lowest BCUT2D eigenvalue weighted by Crippen LogP contribution is -2.34. The zero-order chi connectivity index (χ0) is 13.8. The monoisotopic (exact) mass is 261 g/mol. The number of rotatable bonds is 5. The molecule has 1 aromatic carbocycles. The second kappa shape index (κ2) is 5.86. The van der Waals surface area contributed by atoms with E-state index in [1.807, 2.05) is 0 Å². The lowest BCUT2D eigenvalue weighted by atomic mass is 10.1. The summed E-state index contributed by atoms with van der Waals surface area (Å²) in [6, 6.07) is 6.34. The number of Topliss-reactive ketones (excluding diaryl/α,β-unsaturated/α-hetero) is 1. The number of halogens is 3. The molecule has 0 aliphatic rings. The molecule has 100 valence electrons. The molecule has 0 amide bonds. The summed E-state index contributed by atoms with van der Waals surface area (Å²) in [7, 11) is 2.71. The summed E-state index contributed by atoms with van der Waals surface area (Å²) in [5, 5.41) is 0. The molecule has 18 heavy (non-hydrogen) atoms. The van der Waals surface area contributed by atoms with Crippen LogP contribution in [0.15, 0.2) is 24.3 Å². The second-order valence-corrected chi connectivity index (χ2v) is 3.94. The van der Waals surface area contributed by atoms with E-state index in [2.05, 4.69) is 0 Å². The number of hydrogen-bond donors (Lipinski definition) is 0. The van der Waals surface area contributed by atoms with Gasteiger partial charge in [0.1, 0.15) is 5.75 Å². The minimum Gasteiger partial charge on any atom is -0.497 e. The van der Waals surface area contributed by atoms with Crippen LogP contribution >= 0.6 is 0 Å². The van der Waals surface area contributed by atoms with Crippen molar-refractivity contribution >= 4 is 5.78 Å². The van der Waals surface area contributed by atoms with Gasteiger partial charge in [0, 0.05) is 5.56 Å². The topological polar surface area (TPSA) is 29.5 Å². The Hall–Kier alpha value is -1.56. The number of ketones is 1. The molecule has 0 radical (unpaired) electrons. The second-order valence-electron chi connectivity index (χ2n) is 3.94. The number of carbonyl (C=O) groups is 1. The highest BCUT2D eigenvalue weighted by Gasteiger charge is 2.29. The Kier molecular flexibility index (Phi) is 4.72. The van der Waals surface area contributed by atoms with Crippen molar-refractivity contribution in [2.24, 2.45) is 0 Å². The molecule has 0 saturated heterocycles. The minimum absolute atomic E-state index is 0.285. The summed E-state index contributed by atoms with van der Waals surface area (Å²) in [4.78, 5) is 12.7. The number of ether oxygens (including phenoxy) is 1. The van der Waals surface area contributed by atoms with E-state index in [9.17, 15) is 18.0 Å². The molecule has 0 atom stereocenters. The van der Waals surface area contributed by atoms with Crippen LogP contribution in [0, 0.1) is 0 Å². The van der Waals surface area contributed by atoms with Gasteiger partial charge in [-0.3, -0.25) is 9.69 Å². The zero-order valence-corrected chi connectivity index (χ0v) is 10.1. The van der Waals surface area contributed by atoms with Crippen LogP contribution in [0.5, 0.6) is 5.75 Å². The Morgan fingerprint density at radius 1 is 1.39 bits per heavy atom. The highest BCUT2D eigenvalue weighted by molar-refractivity contribution is 5.97. The van der Waals surface area contributed by atoms with Gasteiger partial charge in [0.2, 0.25) is 0 Å². The summed E-state index contributed by atoms with van der Waals surface area (Å²) >= 11 is 0. The number of hydrogen-bond acceptors (Lipinski definition) is 3. The van der Waals surface area contributed by atoms with Crippen molar-refractivity contribution in [3.8, 4) is 5.75 Å². The highest BCUT2D eigenvalue weighted by Crippen LogP contribution is 2.17. The fraction of sp³-hybridized carbons (Fsp3) is 0.417. The van der Waals surface area contributed by atoms with E-state index in [0.29, 0.717) is 11.3 Å². The van der Waals surface area contributed by atoms with Gasteiger partial charge in [0.25, 0.3) is 0 Å². The fourth-order valence-electron chi connectivity index (χ4n) is 1.49. The first kappa shape index (κ1) is 14.5. The van der Waals surface area contributed by atoms with E-state index in [4.69, 9.17) is 4.74 Å². The average Bonchev–Trinajstić information content (AvgIpc) is 2.26. The summed E-state index contributed by atoms with van der Waals surface area (Å²) in [5.74, 6) is 0.125. The molecule has 1 rings (SSSR count). The fourth-order valence-corrected chi connectivity index (χ4v) is 1.49. The average molecular weight is 261 g/mol. The molecule has 0 unspecified atom stereocenters. The molecule has 1 aromatic rings. The van der Waals surface area contributed by atoms with Crippen LogP contribution in [-0.4, -0.2) is 44.1 Å². The van der Waals surface area contributed by atoms with Crippen LogP contribution in [0.25, 0.3) is 0 Å². The van der Waals surface area contributed by atoms with Crippen LogP contribution in [-0.2, 0) is 0 Å². The van der Waals surface area contributed by atoms with Crippen molar-refractivity contribution in [2.75, 3.05) is 27.2 Å². The summed E-state index contributed by atoms with van der Waals surface area (Å²) in [6.45, 7) is -1.39. The van der Waals surface area contributed by atoms with Gasteiger partial charge in [0.05, 0.1) is 20.2 Å². The van der Waals surface area contributed by atoms with Gasteiger partial charge in [-0.25, -0.2) is 0 Å². The Labute approximate surface area is 103 Å². The van der Waals surface area contributed by atoms with Crippen molar-refractivity contribution in [1.29, 1.82) is 0 Å². The molecule has 0 aliphatic carbocycles. The first-order chi connectivity index (χ1) is 8.31. The number of nitrogens with zero attached hydrogens (tertiary/aromatic N) is 1. The third-order valence-electron chi connectivity index (χ3n) is 2.25. The van der Waals surface area contributed by atoms with Gasteiger partial charge < -0.3 is 4.74 Å². The van der Waals surface area contributed by atoms with Crippen molar-refractivity contribution in [3.63, 3.8) is 0 Å². The van der Waals surface area contributed by atoms with E-state index in [1.165, 1.54) is 20.2 Å². The number of alkyl halides is 3. The van der Waals surface area contributed by atoms with Crippen molar-refractivity contribution in [1.82, 2.24) is 4.90 Å². The van der Waals surface area contributed by atoms with Crippen molar-refractivity contribution < 1.29 is 22.7 Å². The maximum Gasteiger partial charge on any atom is 0.401 e. The van der Waals surface area contributed by atoms with Gasteiger partial charge in [-0.05, 0) is 19.2 Å². The zero-order valence-electron chi connectivity index (χ0n) is 10.1. The minimum atomic E-state index is -4.30. The van der Waals surface area contributed by atoms with Gasteiger partial charge in [-0.1, -0.05) is 12.1 Å². The molecule has 0 N–H and O–H groups in total. The first-order valence-electron chi connectivity index (χ1n) is 5.24. The molecule has 0 aliphatic heterocycles. The van der Waals surface area contributed by atoms with Gasteiger partial charge in [-0.2, -0.15) is 13.2 Å². The van der Waals surface area contributed by atoms with Crippen LogP contribution in [0.1, 0.15) is 10.4 Å². The van der Waals surface area contributed by atoms with E-state index >= 15 is 0 Å². The summed E-state index contributed by atoms with van der Waals surface area (Å²) in [5.41, 5.74) is 0.336. The molecule has 0 bridgehead atoms. The summed E-state index contributed by atoms with van der Waals surface area (Å²) in [6.07, 6.45) is -4.30. The number of carbonyl (C=O) groups excluding carboxylic acids is 1. The predicted molar refractivity (Wildman–Crippen MR) is 60.9 cm³/mol. The number of benzene rings is 1. The molecule has 0 aromatic heterocycles. The maximum atomic E-state index is 12.1. The Balaban J connectivity index is 2.64. The Bertz CT molecular complexity index is 418. The Morgan fingerprint density at radius 2 is 2.06 bits per heavy atom. The Morgan fingerprint density at radius 3 is 2.61 bits per heavy atom. The lowest BCUT2D eigenvalue weighted by Gasteiger charge is -2.17. The first-order valence-corrected chi connectivity index (χ1v) is 5.24. The van der Waals surface area contributed by atoms with Crippen LogP contribution < -0.4 is 4.74 Å². The van der Waals surface area contributed by atoms with E-state index in [1.54, 1.807) is 18.2 Å². The van der Waals surface area contributed by atoms with Crippen molar-refractivity contribution in [2.45, 2.75) is 6.18 Å². The highest BCUT2D eigenvalue weighted by atomic mass is 19.4. The molecule has 0 fully saturated rings. The molecular formula is C12H14F3NO2. The number of methoxy groups -OCH3 is 1. The molecule has 0 spiro atoms. The van der Waals surface area contributed by atoms with Crippen LogP contribution in [0.4, 0.5) is 13.2 Å². The number of likely N-dealkylation sites (N-methyl/N-ethyl adjacent to an activating group) is 1. The molecule has 0 heterocycles. The largest absolute Gasteiger partial charge is 0.497 e. The van der Waals surface area contributed by atoms with Gasteiger partial charge in [0.15, 0.2) is 5.78 Å². The molecule has 6 heteroatoms. The standard InChI is InChI=1S/C12H14F3NO2/c1-16(8-12(13,14)15)7-11(17)9-4-3-5-10(6-9)18-2/h3-6H,7-8H2,1-2H3. The third-order valence-corrected chi connectivity index (χ3v) is 2.25. The van der Waals surface area contributed by atoms with E-state index in [0.717, 1.165) is 4.90 Å². The quantitative estimate of drug-likeness (QED) is 0.762. The van der Waals surface area contributed by atoms with Gasteiger partial charge >= 0.3 is 6.18 Å². The SMILES string of the molecule is COc1cccc(C(=O)CN(C)CC(F)(F)F)c1. The smallest absolute Gasteiger partial charge is 0.401 e. The molecule has 3 nitrogen and oxygen atoms in total. The van der Waals surface area contributed by atoms with E-state index < -0.39 is 12.7 Å². The van der Waals surface area contributed by atoms with Crippen LogP contribution in [0.2, 0.25) is 0 Å². The molecular weight excluding hydrogens is 247 g/mol. The third kappa shape index (κ3) is 4.75. The molecule has 0 saturated carbocycles. The summed E-state index contributed by atoms with van der Waals surface area (Å²) < 4.78 is 41.3. The van der Waals surface area contributed by atoms with Gasteiger partial charge in [-0.15, -0.1) is 0 Å². The lowest BCUT2D eigenvalue weighted by molar-refractivity contribution is -0.141. The normalized spacial score (nSPS) is 11.7. The van der Waals surface area contributed by atoms with Crippen molar-refractivity contribution in [3.05, 3.63) is 29.8 Å². The van der Waals surface area contributed by atoms with E-state index in [-0.39, 0.29) is 12.3 Å².